The molecule has 0 aliphatic carbocycles. The molecule has 6 aromatic rings. The molecule has 0 aliphatic heterocycles. The van der Waals surface area contributed by atoms with Crippen LogP contribution in [0.25, 0.3) is 54.4 Å². The molecule has 0 saturated carbocycles. The number of benzene rings is 4. The molecule has 124 valence electrons. The predicted molar refractivity (Wildman–Crippen MR) is 112 cm³/mol. The summed E-state index contributed by atoms with van der Waals surface area (Å²) in [6, 6.07) is 22.2. The number of hydrogen-bond acceptors (Lipinski definition) is 0. The van der Waals surface area contributed by atoms with Crippen LogP contribution in [0.3, 0.4) is 0 Å². The maximum Gasteiger partial charge on any atom is 0.0471 e. The first-order chi connectivity index (χ1) is 12.7. The first kappa shape index (κ1) is 14.0. The fourth-order valence-electron chi connectivity index (χ4n) is 4.42. The van der Waals surface area contributed by atoms with E-state index >= 15 is 0 Å². The predicted octanol–water partition coefficient (Wildman–Crippen LogP) is 6.73. The molecule has 0 radical (unpaired) electrons. The summed E-state index contributed by atoms with van der Waals surface area (Å²) in [6.07, 6.45) is 0. The monoisotopic (exact) mass is 334 g/mol. The Hall–Kier alpha value is -3.26. The zero-order valence-electron chi connectivity index (χ0n) is 14.8. The van der Waals surface area contributed by atoms with Crippen LogP contribution in [0.15, 0.2) is 60.7 Å². The van der Waals surface area contributed by atoms with Crippen molar-refractivity contribution < 1.29 is 0 Å². The van der Waals surface area contributed by atoms with E-state index in [1.165, 1.54) is 65.5 Å². The van der Waals surface area contributed by atoms with E-state index < -0.39 is 0 Å². The fourth-order valence-corrected chi connectivity index (χ4v) is 4.42. The van der Waals surface area contributed by atoms with Gasteiger partial charge in [0.1, 0.15) is 0 Å². The number of aryl methyl sites for hydroxylation is 2. The number of H-pyrrole nitrogens is 2. The maximum absolute atomic E-state index is 3.60. The minimum atomic E-state index is 1.20. The molecule has 0 bridgehead atoms. The van der Waals surface area contributed by atoms with E-state index in [-0.39, 0.29) is 0 Å². The van der Waals surface area contributed by atoms with Crippen LogP contribution in [-0.4, -0.2) is 9.97 Å². The molecule has 2 heterocycles. The summed E-state index contributed by atoms with van der Waals surface area (Å²) >= 11 is 0. The molecule has 0 amide bonds. The molecule has 0 unspecified atom stereocenters. The van der Waals surface area contributed by atoms with E-state index in [4.69, 9.17) is 0 Å². The average molecular weight is 334 g/mol. The summed E-state index contributed by atoms with van der Waals surface area (Å²) in [5, 5.41) is 7.90. The standard InChI is InChI=1S/C24H18N2/c1-13-3-7-18-16(11-13)23-20(25-18)9-5-15-6-10-21-24(22(15)23)17-12-14(2)4-8-19(17)26-21/h3-12,25-26H,1-2H3. The number of aromatic nitrogens is 2. The van der Waals surface area contributed by atoms with Gasteiger partial charge in [-0.15, -0.1) is 0 Å². The summed E-state index contributed by atoms with van der Waals surface area (Å²) in [7, 11) is 0. The summed E-state index contributed by atoms with van der Waals surface area (Å²) < 4.78 is 0. The van der Waals surface area contributed by atoms with Crippen molar-refractivity contribution >= 4 is 54.4 Å². The van der Waals surface area contributed by atoms with Crippen LogP contribution in [0, 0.1) is 13.8 Å². The summed E-state index contributed by atoms with van der Waals surface area (Å²) in [5.74, 6) is 0. The van der Waals surface area contributed by atoms with Crippen LogP contribution in [0.4, 0.5) is 0 Å². The third kappa shape index (κ3) is 1.71. The van der Waals surface area contributed by atoms with Gasteiger partial charge in [-0.1, -0.05) is 35.4 Å². The van der Waals surface area contributed by atoms with E-state index in [2.05, 4.69) is 84.5 Å². The van der Waals surface area contributed by atoms with Crippen LogP contribution in [-0.2, 0) is 0 Å². The van der Waals surface area contributed by atoms with Gasteiger partial charge in [0.15, 0.2) is 0 Å². The molecule has 26 heavy (non-hydrogen) atoms. The molecule has 4 aromatic carbocycles. The number of rotatable bonds is 0. The molecule has 2 aromatic heterocycles. The largest absolute Gasteiger partial charge is 0.354 e. The number of fused-ring (bicyclic) bond motifs is 9. The smallest absolute Gasteiger partial charge is 0.0471 e. The number of aromatic amines is 2. The van der Waals surface area contributed by atoms with E-state index in [1.54, 1.807) is 0 Å². The van der Waals surface area contributed by atoms with Gasteiger partial charge in [-0.05, 0) is 55.6 Å². The van der Waals surface area contributed by atoms with Gasteiger partial charge < -0.3 is 9.97 Å². The van der Waals surface area contributed by atoms with Gasteiger partial charge in [-0.25, -0.2) is 0 Å². The first-order valence-electron chi connectivity index (χ1n) is 9.05. The van der Waals surface area contributed by atoms with Crippen molar-refractivity contribution in [3.8, 4) is 0 Å². The Kier molecular flexibility index (Phi) is 2.51. The third-order valence-corrected chi connectivity index (χ3v) is 5.61. The van der Waals surface area contributed by atoms with Crippen LogP contribution < -0.4 is 0 Å². The van der Waals surface area contributed by atoms with Gasteiger partial charge in [0, 0.05) is 49.0 Å². The minimum absolute atomic E-state index is 1.20. The van der Waals surface area contributed by atoms with Gasteiger partial charge in [0.25, 0.3) is 0 Å². The van der Waals surface area contributed by atoms with Crippen molar-refractivity contribution in [1.29, 1.82) is 0 Å². The molecule has 0 aliphatic rings. The molecule has 2 heteroatoms. The Morgan fingerprint density at radius 2 is 0.962 bits per heavy atom. The highest BCUT2D eigenvalue weighted by atomic mass is 14.7. The molecule has 6 rings (SSSR count). The molecular weight excluding hydrogens is 316 g/mol. The SMILES string of the molecule is Cc1ccc2[nH]c3ccc4ccc5[nH]c6ccc(C)cc6c5c4c3c2c1. The molecular formula is C24H18N2. The third-order valence-electron chi connectivity index (χ3n) is 5.61. The van der Waals surface area contributed by atoms with Crippen LogP contribution in [0.1, 0.15) is 11.1 Å². The highest BCUT2D eigenvalue weighted by Crippen LogP contribution is 2.39. The van der Waals surface area contributed by atoms with E-state index in [9.17, 15) is 0 Å². The molecule has 0 fully saturated rings. The first-order valence-corrected chi connectivity index (χ1v) is 9.05. The fraction of sp³-hybridized carbons (Fsp3) is 0.0833. The normalized spacial score (nSPS) is 12.2. The number of hydrogen-bond donors (Lipinski definition) is 2. The van der Waals surface area contributed by atoms with E-state index in [0.717, 1.165) is 0 Å². The maximum atomic E-state index is 3.60. The van der Waals surface area contributed by atoms with Gasteiger partial charge in [0.05, 0.1) is 0 Å². The lowest BCUT2D eigenvalue weighted by Crippen LogP contribution is -1.79. The Bertz CT molecular complexity index is 1380. The van der Waals surface area contributed by atoms with Crippen LogP contribution in [0.5, 0.6) is 0 Å². The van der Waals surface area contributed by atoms with Crippen molar-refractivity contribution in [2.45, 2.75) is 13.8 Å². The molecule has 0 spiro atoms. The summed E-state index contributed by atoms with van der Waals surface area (Å²) in [4.78, 5) is 7.21. The Morgan fingerprint density at radius 1 is 0.500 bits per heavy atom. The quantitative estimate of drug-likeness (QED) is 0.309. The van der Waals surface area contributed by atoms with Crippen molar-refractivity contribution in [3.63, 3.8) is 0 Å². The van der Waals surface area contributed by atoms with Crippen molar-refractivity contribution in [2.24, 2.45) is 0 Å². The van der Waals surface area contributed by atoms with Gasteiger partial charge in [0.2, 0.25) is 0 Å². The Labute approximate surface area is 150 Å². The van der Waals surface area contributed by atoms with Gasteiger partial charge in [-0.3, -0.25) is 0 Å². The van der Waals surface area contributed by atoms with Gasteiger partial charge >= 0.3 is 0 Å². The molecule has 2 N–H and O–H groups in total. The molecule has 0 atom stereocenters. The minimum Gasteiger partial charge on any atom is -0.354 e. The average Bonchev–Trinajstić information content (AvgIpc) is 3.19. The second-order valence-electron chi connectivity index (χ2n) is 7.42. The summed E-state index contributed by atoms with van der Waals surface area (Å²) in [5.41, 5.74) is 7.38. The zero-order chi connectivity index (χ0) is 17.4. The molecule has 2 nitrogen and oxygen atoms in total. The lowest BCUT2D eigenvalue weighted by Gasteiger charge is -2.04. The Balaban J connectivity index is 1.99. The van der Waals surface area contributed by atoms with E-state index in [1.807, 2.05) is 0 Å². The van der Waals surface area contributed by atoms with Gasteiger partial charge in [-0.2, -0.15) is 0 Å². The van der Waals surface area contributed by atoms with Crippen LogP contribution >= 0.6 is 0 Å². The lowest BCUT2D eigenvalue weighted by molar-refractivity contribution is 1.49. The lowest BCUT2D eigenvalue weighted by atomic mass is 9.98. The van der Waals surface area contributed by atoms with Crippen molar-refractivity contribution in [2.75, 3.05) is 0 Å². The van der Waals surface area contributed by atoms with Crippen LogP contribution in [0.2, 0.25) is 0 Å². The van der Waals surface area contributed by atoms with Crippen molar-refractivity contribution in [1.82, 2.24) is 9.97 Å². The molecule has 0 saturated heterocycles. The summed E-state index contributed by atoms with van der Waals surface area (Å²) in [6.45, 7) is 4.32. The highest BCUT2D eigenvalue weighted by molar-refractivity contribution is 6.32. The second-order valence-corrected chi connectivity index (χ2v) is 7.42. The second kappa shape index (κ2) is 4.67. The Morgan fingerprint density at radius 3 is 1.46 bits per heavy atom. The zero-order valence-corrected chi connectivity index (χ0v) is 14.8. The number of nitrogens with one attached hydrogen (secondary N) is 2. The van der Waals surface area contributed by atoms with E-state index in [0.29, 0.717) is 0 Å². The topological polar surface area (TPSA) is 31.6 Å². The van der Waals surface area contributed by atoms with Crippen molar-refractivity contribution in [3.05, 3.63) is 71.8 Å². The highest BCUT2D eigenvalue weighted by Gasteiger charge is 2.14.